The molecule has 0 aromatic carbocycles. The van der Waals surface area contributed by atoms with Crippen LogP contribution in [0.25, 0.3) is 0 Å². The van der Waals surface area contributed by atoms with Crippen LogP contribution >= 0.6 is 0 Å². The standard InChI is InChI=1S/C9H18N2O2/c1-13-6-5-11-9(12)8-3-2-4-10-7-8/h8,10H,2-7H2,1H3,(H,11,12)/t8-/m1/s1. The highest BCUT2D eigenvalue weighted by atomic mass is 16.5. The first-order chi connectivity index (χ1) is 6.34. The van der Waals surface area contributed by atoms with Crippen LogP contribution in [0.15, 0.2) is 0 Å². The molecule has 1 saturated heterocycles. The predicted octanol–water partition coefficient (Wildman–Crippen LogP) is -0.251. The van der Waals surface area contributed by atoms with E-state index >= 15 is 0 Å². The van der Waals surface area contributed by atoms with Crippen molar-refractivity contribution in [1.82, 2.24) is 10.6 Å². The minimum absolute atomic E-state index is 0.157. The minimum atomic E-state index is 0.157. The maximum Gasteiger partial charge on any atom is 0.224 e. The average Bonchev–Trinajstić information content (AvgIpc) is 2.19. The Morgan fingerprint density at radius 2 is 2.54 bits per heavy atom. The third-order valence-electron chi connectivity index (χ3n) is 2.27. The minimum Gasteiger partial charge on any atom is -0.383 e. The molecule has 0 aromatic rings. The molecule has 1 aliphatic rings. The van der Waals surface area contributed by atoms with E-state index in [2.05, 4.69) is 10.6 Å². The Morgan fingerprint density at radius 3 is 3.15 bits per heavy atom. The summed E-state index contributed by atoms with van der Waals surface area (Å²) in [5.74, 6) is 0.315. The number of nitrogens with one attached hydrogen (secondary N) is 2. The van der Waals surface area contributed by atoms with Gasteiger partial charge in [0.25, 0.3) is 0 Å². The van der Waals surface area contributed by atoms with Gasteiger partial charge in [0.15, 0.2) is 0 Å². The summed E-state index contributed by atoms with van der Waals surface area (Å²) in [5.41, 5.74) is 0. The normalized spacial score (nSPS) is 22.7. The summed E-state index contributed by atoms with van der Waals surface area (Å²) in [6.45, 7) is 3.07. The first-order valence-corrected chi connectivity index (χ1v) is 4.82. The van der Waals surface area contributed by atoms with Crippen LogP contribution in [0.2, 0.25) is 0 Å². The number of ether oxygens (including phenoxy) is 1. The van der Waals surface area contributed by atoms with Gasteiger partial charge in [-0.3, -0.25) is 4.79 Å². The van der Waals surface area contributed by atoms with E-state index in [1.165, 1.54) is 0 Å². The second-order valence-electron chi connectivity index (χ2n) is 3.33. The Kier molecular flexibility index (Phi) is 4.78. The largest absolute Gasteiger partial charge is 0.383 e. The van der Waals surface area contributed by atoms with E-state index in [9.17, 15) is 4.79 Å². The van der Waals surface area contributed by atoms with Gasteiger partial charge in [0.1, 0.15) is 0 Å². The van der Waals surface area contributed by atoms with E-state index in [-0.39, 0.29) is 11.8 Å². The quantitative estimate of drug-likeness (QED) is 0.595. The van der Waals surface area contributed by atoms with Crippen molar-refractivity contribution in [2.45, 2.75) is 12.8 Å². The molecule has 1 atom stereocenters. The number of amides is 1. The highest BCUT2D eigenvalue weighted by Crippen LogP contribution is 2.09. The molecule has 0 aliphatic carbocycles. The molecule has 1 rings (SSSR count). The van der Waals surface area contributed by atoms with E-state index < -0.39 is 0 Å². The molecule has 0 bridgehead atoms. The van der Waals surface area contributed by atoms with Crippen LogP contribution in [0.1, 0.15) is 12.8 Å². The van der Waals surface area contributed by atoms with Crippen molar-refractivity contribution >= 4 is 5.91 Å². The zero-order chi connectivity index (χ0) is 9.52. The van der Waals surface area contributed by atoms with E-state index in [4.69, 9.17) is 4.74 Å². The Hall–Kier alpha value is -0.610. The molecule has 1 heterocycles. The van der Waals surface area contributed by atoms with Crippen molar-refractivity contribution in [3.8, 4) is 0 Å². The van der Waals surface area contributed by atoms with Gasteiger partial charge < -0.3 is 15.4 Å². The maximum absolute atomic E-state index is 11.5. The van der Waals surface area contributed by atoms with Crippen molar-refractivity contribution in [2.24, 2.45) is 5.92 Å². The van der Waals surface area contributed by atoms with Gasteiger partial charge in [-0.15, -0.1) is 0 Å². The lowest BCUT2D eigenvalue weighted by atomic mass is 9.99. The fourth-order valence-electron chi connectivity index (χ4n) is 1.50. The molecule has 0 aromatic heterocycles. The van der Waals surface area contributed by atoms with Crippen molar-refractivity contribution in [1.29, 1.82) is 0 Å². The third-order valence-corrected chi connectivity index (χ3v) is 2.27. The van der Waals surface area contributed by atoms with Gasteiger partial charge in [-0.05, 0) is 19.4 Å². The summed E-state index contributed by atoms with van der Waals surface area (Å²) >= 11 is 0. The first kappa shape index (κ1) is 10.5. The van der Waals surface area contributed by atoms with Gasteiger partial charge in [-0.1, -0.05) is 0 Å². The maximum atomic E-state index is 11.5. The molecule has 13 heavy (non-hydrogen) atoms. The summed E-state index contributed by atoms with van der Waals surface area (Å²) in [4.78, 5) is 11.5. The van der Waals surface area contributed by atoms with Crippen LogP contribution in [0.4, 0.5) is 0 Å². The summed E-state index contributed by atoms with van der Waals surface area (Å²) in [7, 11) is 1.63. The van der Waals surface area contributed by atoms with Crippen molar-refractivity contribution in [3.63, 3.8) is 0 Å². The molecule has 1 amide bonds. The second-order valence-corrected chi connectivity index (χ2v) is 3.33. The van der Waals surface area contributed by atoms with Crippen LogP contribution in [0.5, 0.6) is 0 Å². The summed E-state index contributed by atoms with van der Waals surface area (Å²) in [5, 5.41) is 6.06. The molecule has 0 spiro atoms. The number of piperidine rings is 1. The molecule has 0 radical (unpaired) electrons. The van der Waals surface area contributed by atoms with Gasteiger partial charge >= 0.3 is 0 Å². The second kappa shape index (κ2) is 5.94. The number of carbonyl (C=O) groups excluding carboxylic acids is 1. The lowest BCUT2D eigenvalue weighted by Crippen LogP contribution is -2.41. The zero-order valence-electron chi connectivity index (χ0n) is 8.14. The predicted molar refractivity (Wildman–Crippen MR) is 50.5 cm³/mol. The fraction of sp³-hybridized carbons (Fsp3) is 0.889. The van der Waals surface area contributed by atoms with Gasteiger partial charge in [-0.25, -0.2) is 0 Å². The van der Waals surface area contributed by atoms with Crippen molar-refractivity contribution in [3.05, 3.63) is 0 Å². The van der Waals surface area contributed by atoms with Gasteiger partial charge in [0.2, 0.25) is 5.91 Å². The molecule has 76 valence electrons. The molecule has 0 unspecified atom stereocenters. The highest BCUT2D eigenvalue weighted by molar-refractivity contribution is 5.78. The number of hydrogen-bond acceptors (Lipinski definition) is 3. The summed E-state index contributed by atoms with van der Waals surface area (Å²) in [6.07, 6.45) is 2.11. The van der Waals surface area contributed by atoms with E-state index in [1.807, 2.05) is 0 Å². The van der Waals surface area contributed by atoms with E-state index in [0.717, 1.165) is 25.9 Å². The van der Waals surface area contributed by atoms with Gasteiger partial charge in [-0.2, -0.15) is 0 Å². The number of hydrogen-bond donors (Lipinski definition) is 2. The van der Waals surface area contributed by atoms with Crippen LogP contribution < -0.4 is 10.6 Å². The first-order valence-electron chi connectivity index (χ1n) is 4.82. The Bertz CT molecular complexity index is 156. The zero-order valence-corrected chi connectivity index (χ0v) is 8.14. The van der Waals surface area contributed by atoms with Crippen molar-refractivity contribution < 1.29 is 9.53 Å². The molecule has 2 N–H and O–H groups in total. The Balaban J connectivity index is 2.13. The SMILES string of the molecule is COCCNC(=O)[C@@H]1CCCNC1. The lowest BCUT2D eigenvalue weighted by Gasteiger charge is -2.21. The average molecular weight is 186 g/mol. The van der Waals surface area contributed by atoms with E-state index in [0.29, 0.717) is 13.2 Å². The molecule has 0 saturated carbocycles. The highest BCUT2D eigenvalue weighted by Gasteiger charge is 2.19. The molecule has 1 fully saturated rings. The van der Waals surface area contributed by atoms with Crippen molar-refractivity contribution in [2.75, 3.05) is 33.4 Å². The fourth-order valence-corrected chi connectivity index (χ4v) is 1.50. The number of rotatable bonds is 4. The number of carbonyl (C=O) groups is 1. The Labute approximate surface area is 79.0 Å². The van der Waals surface area contributed by atoms with Crippen LogP contribution in [-0.4, -0.2) is 39.3 Å². The van der Waals surface area contributed by atoms with Crippen LogP contribution in [-0.2, 0) is 9.53 Å². The Morgan fingerprint density at radius 1 is 1.69 bits per heavy atom. The van der Waals surface area contributed by atoms with Gasteiger partial charge in [0, 0.05) is 20.2 Å². The monoisotopic (exact) mass is 186 g/mol. The van der Waals surface area contributed by atoms with E-state index in [1.54, 1.807) is 7.11 Å². The van der Waals surface area contributed by atoms with Gasteiger partial charge in [0.05, 0.1) is 12.5 Å². The molecule has 4 nitrogen and oxygen atoms in total. The third kappa shape index (κ3) is 3.74. The topological polar surface area (TPSA) is 50.4 Å². The smallest absolute Gasteiger partial charge is 0.224 e. The summed E-state index contributed by atoms with van der Waals surface area (Å²) in [6, 6.07) is 0. The molecule has 4 heteroatoms. The van der Waals surface area contributed by atoms with Crippen LogP contribution in [0.3, 0.4) is 0 Å². The van der Waals surface area contributed by atoms with Crippen LogP contribution in [0, 0.1) is 5.92 Å². The molecular formula is C9H18N2O2. The number of methoxy groups -OCH3 is 1. The summed E-state index contributed by atoms with van der Waals surface area (Å²) < 4.78 is 4.85. The lowest BCUT2D eigenvalue weighted by molar-refractivity contribution is -0.125. The molecular weight excluding hydrogens is 168 g/mol. The molecule has 1 aliphatic heterocycles.